The van der Waals surface area contributed by atoms with Crippen LogP contribution in [0.1, 0.15) is 25.0 Å². The van der Waals surface area contributed by atoms with E-state index >= 15 is 0 Å². The number of rotatable bonds is 2. The van der Waals surface area contributed by atoms with Crippen LogP contribution in [0.2, 0.25) is 0 Å². The summed E-state index contributed by atoms with van der Waals surface area (Å²) < 4.78 is 0.366. The molecule has 2 rings (SSSR count). The highest BCUT2D eigenvalue weighted by Crippen LogP contribution is 2.30. The van der Waals surface area contributed by atoms with E-state index in [1.165, 1.54) is 17.9 Å². The first-order valence-electron chi connectivity index (χ1n) is 6.64. The van der Waals surface area contributed by atoms with E-state index in [-0.39, 0.29) is 6.61 Å². The molecule has 1 fully saturated rings. The molecule has 1 aromatic carbocycles. The van der Waals surface area contributed by atoms with Gasteiger partial charge in [0.25, 0.3) is 0 Å². The van der Waals surface area contributed by atoms with Gasteiger partial charge < -0.3 is 5.11 Å². The molecule has 1 saturated heterocycles. The summed E-state index contributed by atoms with van der Waals surface area (Å²) in [5, 5.41) is 8.67. The van der Waals surface area contributed by atoms with E-state index in [0.29, 0.717) is 4.75 Å². The van der Waals surface area contributed by atoms with Gasteiger partial charge in [-0.15, -0.1) is 0 Å². The quantitative estimate of drug-likeness (QED) is 0.838. The Morgan fingerprint density at radius 1 is 1.32 bits per heavy atom. The van der Waals surface area contributed by atoms with Crippen LogP contribution in [0, 0.1) is 11.8 Å². The Hall–Kier alpha value is -0.950. The highest BCUT2D eigenvalue weighted by atomic mass is 32.2. The summed E-state index contributed by atoms with van der Waals surface area (Å²) in [6.45, 7) is 7.87. The molecule has 0 atom stereocenters. The first-order valence-corrected chi connectivity index (χ1v) is 7.63. The Morgan fingerprint density at radius 2 is 2.05 bits per heavy atom. The van der Waals surface area contributed by atoms with Gasteiger partial charge in [0.05, 0.1) is 0 Å². The van der Waals surface area contributed by atoms with Crippen molar-refractivity contribution in [3.8, 4) is 11.8 Å². The van der Waals surface area contributed by atoms with Crippen molar-refractivity contribution in [3.05, 3.63) is 35.4 Å². The predicted molar refractivity (Wildman–Crippen MR) is 82.2 cm³/mol. The predicted octanol–water partition coefficient (Wildman–Crippen LogP) is 2.36. The summed E-state index contributed by atoms with van der Waals surface area (Å²) in [7, 11) is 0. The molecular weight excluding hydrogens is 254 g/mol. The summed E-state index contributed by atoms with van der Waals surface area (Å²) in [5.74, 6) is 6.81. The first kappa shape index (κ1) is 14.5. The fourth-order valence-electron chi connectivity index (χ4n) is 2.34. The van der Waals surface area contributed by atoms with Gasteiger partial charge in [0.1, 0.15) is 6.61 Å². The molecule has 1 N–H and O–H groups in total. The zero-order chi connectivity index (χ0) is 13.7. The molecule has 0 aromatic heterocycles. The zero-order valence-corrected chi connectivity index (χ0v) is 12.5. The molecule has 1 aliphatic rings. The van der Waals surface area contributed by atoms with Crippen molar-refractivity contribution < 1.29 is 5.11 Å². The second kappa shape index (κ2) is 6.47. The number of benzene rings is 1. The van der Waals surface area contributed by atoms with Crippen molar-refractivity contribution in [2.75, 3.05) is 25.4 Å². The SMILES string of the molecule is CC1(C)CN(Cc2ccc(C#CCO)cc2)CCS1. The van der Waals surface area contributed by atoms with E-state index in [1.807, 2.05) is 12.1 Å². The fraction of sp³-hybridized carbons (Fsp3) is 0.500. The number of thioether (sulfide) groups is 1. The lowest BCUT2D eigenvalue weighted by atomic mass is 10.1. The lowest BCUT2D eigenvalue weighted by Gasteiger charge is -2.37. The summed E-state index contributed by atoms with van der Waals surface area (Å²) in [6, 6.07) is 8.33. The van der Waals surface area contributed by atoms with Gasteiger partial charge >= 0.3 is 0 Å². The molecule has 1 heterocycles. The average Bonchev–Trinajstić information content (AvgIpc) is 2.37. The van der Waals surface area contributed by atoms with Crippen LogP contribution in [-0.2, 0) is 6.54 Å². The fourth-order valence-corrected chi connectivity index (χ4v) is 3.52. The van der Waals surface area contributed by atoms with Crippen LogP contribution >= 0.6 is 11.8 Å². The Morgan fingerprint density at radius 3 is 2.68 bits per heavy atom. The molecular formula is C16H21NOS. The Balaban J connectivity index is 1.96. The number of aliphatic hydroxyl groups excluding tert-OH is 1. The average molecular weight is 275 g/mol. The van der Waals surface area contributed by atoms with E-state index in [4.69, 9.17) is 5.11 Å². The van der Waals surface area contributed by atoms with Gasteiger partial charge in [0, 0.05) is 35.7 Å². The van der Waals surface area contributed by atoms with E-state index in [1.54, 1.807) is 0 Å². The molecule has 0 unspecified atom stereocenters. The van der Waals surface area contributed by atoms with Crippen molar-refractivity contribution in [1.29, 1.82) is 0 Å². The van der Waals surface area contributed by atoms with Crippen molar-refractivity contribution in [2.24, 2.45) is 0 Å². The maximum absolute atomic E-state index is 8.67. The third-order valence-electron chi connectivity index (χ3n) is 3.18. The van der Waals surface area contributed by atoms with Crippen molar-refractivity contribution in [3.63, 3.8) is 0 Å². The van der Waals surface area contributed by atoms with Crippen molar-refractivity contribution in [1.82, 2.24) is 4.90 Å². The monoisotopic (exact) mass is 275 g/mol. The summed E-state index contributed by atoms with van der Waals surface area (Å²) in [5.41, 5.74) is 2.30. The van der Waals surface area contributed by atoms with E-state index in [9.17, 15) is 0 Å². The zero-order valence-electron chi connectivity index (χ0n) is 11.6. The van der Waals surface area contributed by atoms with E-state index < -0.39 is 0 Å². The molecule has 0 bridgehead atoms. The molecule has 1 aromatic rings. The van der Waals surface area contributed by atoms with E-state index in [0.717, 1.165) is 18.7 Å². The lowest BCUT2D eigenvalue weighted by molar-refractivity contribution is 0.252. The van der Waals surface area contributed by atoms with Gasteiger partial charge in [0.15, 0.2) is 0 Å². The maximum Gasteiger partial charge on any atom is 0.104 e. The second-order valence-corrected chi connectivity index (χ2v) is 7.28. The summed E-state index contributed by atoms with van der Waals surface area (Å²) in [6.07, 6.45) is 0. The van der Waals surface area contributed by atoms with Crippen LogP contribution < -0.4 is 0 Å². The third kappa shape index (κ3) is 4.58. The Labute approximate surface area is 120 Å². The third-order valence-corrected chi connectivity index (χ3v) is 4.47. The number of aliphatic hydroxyl groups is 1. The van der Waals surface area contributed by atoms with Crippen LogP contribution in [0.5, 0.6) is 0 Å². The van der Waals surface area contributed by atoms with Crippen molar-refractivity contribution in [2.45, 2.75) is 25.1 Å². The molecule has 102 valence electrons. The van der Waals surface area contributed by atoms with Crippen LogP contribution in [0.4, 0.5) is 0 Å². The second-order valence-electron chi connectivity index (χ2n) is 5.48. The lowest BCUT2D eigenvalue weighted by Crippen LogP contribution is -2.42. The molecule has 0 radical (unpaired) electrons. The molecule has 2 nitrogen and oxygen atoms in total. The topological polar surface area (TPSA) is 23.5 Å². The van der Waals surface area contributed by atoms with Crippen LogP contribution in [0.15, 0.2) is 24.3 Å². The molecule has 0 saturated carbocycles. The smallest absolute Gasteiger partial charge is 0.104 e. The minimum Gasteiger partial charge on any atom is -0.384 e. The standard InChI is InChI=1S/C16H21NOS/c1-16(2)13-17(9-11-19-16)12-15-7-5-14(6-8-15)4-3-10-18/h5-8,18H,9-13H2,1-2H3. The summed E-state index contributed by atoms with van der Waals surface area (Å²) >= 11 is 2.06. The van der Waals surface area contributed by atoms with Gasteiger partial charge in [-0.25, -0.2) is 0 Å². The molecule has 19 heavy (non-hydrogen) atoms. The molecule has 0 spiro atoms. The highest BCUT2D eigenvalue weighted by molar-refractivity contribution is 8.00. The Kier molecular flexibility index (Phi) is 4.93. The normalized spacial score (nSPS) is 18.7. The Bertz CT molecular complexity index is 470. The largest absolute Gasteiger partial charge is 0.384 e. The van der Waals surface area contributed by atoms with Gasteiger partial charge in [0.2, 0.25) is 0 Å². The van der Waals surface area contributed by atoms with Gasteiger partial charge in [-0.3, -0.25) is 4.90 Å². The molecule has 1 aliphatic heterocycles. The van der Waals surface area contributed by atoms with Crippen molar-refractivity contribution >= 4 is 11.8 Å². The van der Waals surface area contributed by atoms with Gasteiger partial charge in [-0.1, -0.05) is 24.0 Å². The molecule has 0 amide bonds. The number of nitrogens with zero attached hydrogens (tertiary/aromatic N) is 1. The van der Waals surface area contributed by atoms with Gasteiger partial charge in [-0.05, 0) is 31.5 Å². The van der Waals surface area contributed by atoms with Crippen LogP contribution in [-0.4, -0.2) is 40.2 Å². The number of hydrogen-bond donors (Lipinski definition) is 1. The minimum atomic E-state index is -0.0811. The van der Waals surface area contributed by atoms with E-state index in [2.05, 4.69) is 54.5 Å². The minimum absolute atomic E-state index is 0.0811. The van der Waals surface area contributed by atoms with Crippen LogP contribution in [0.25, 0.3) is 0 Å². The molecule has 0 aliphatic carbocycles. The van der Waals surface area contributed by atoms with Crippen LogP contribution in [0.3, 0.4) is 0 Å². The first-order chi connectivity index (χ1) is 9.09. The summed E-state index contributed by atoms with van der Waals surface area (Å²) in [4.78, 5) is 2.52. The number of hydrogen-bond acceptors (Lipinski definition) is 3. The maximum atomic E-state index is 8.67. The highest BCUT2D eigenvalue weighted by Gasteiger charge is 2.26. The molecule has 3 heteroatoms. The van der Waals surface area contributed by atoms with Gasteiger partial charge in [-0.2, -0.15) is 11.8 Å².